The van der Waals surface area contributed by atoms with Gasteiger partial charge in [-0.15, -0.1) is 0 Å². The van der Waals surface area contributed by atoms with Gasteiger partial charge in [-0.1, -0.05) is 30.3 Å². The zero-order chi connectivity index (χ0) is 25.6. The lowest BCUT2D eigenvalue weighted by Gasteiger charge is -2.24. The average molecular weight is 481 g/mol. The van der Waals surface area contributed by atoms with Crippen molar-refractivity contribution in [3.05, 3.63) is 35.9 Å². The number of rotatable bonds is 11. The fraction of sp³-hybridized carbons (Fsp3) is 0.625. The molecule has 0 bridgehead atoms. The molecule has 0 aliphatic rings. The van der Waals surface area contributed by atoms with Gasteiger partial charge in [0.1, 0.15) is 17.8 Å². The van der Waals surface area contributed by atoms with Gasteiger partial charge in [0, 0.05) is 25.7 Å². The molecule has 0 radical (unpaired) electrons. The molecular formula is C24H40N4O6. The first-order valence-corrected chi connectivity index (χ1v) is 11.5. The summed E-state index contributed by atoms with van der Waals surface area (Å²) in [6.07, 6.45) is -0.951. The Kier molecular flexibility index (Phi) is 12.2. The van der Waals surface area contributed by atoms with Crippen LogP contribution in [0.5, 0.6) is 0 Å². The van der Waals surface area contributed by atoms with E-state index in [-0.39, 0.29) is 25.7 Å². The first-order valence-electron chi connectivity index (χ1n) is 11.5. The molecule has 3 amide bonds. The highest BCUT2D eigenvalue weighted by Gasteiger charge is 2.19. The van der Waals surface area contributed by atoms with E-state index in [0.29, 0.717) is 19.5 Å². The molecule has 1 aromatic rings. The third-order valence-corrected chi connectivity index (χ3v) is 4.05. The number of amides is 3. The summed E-state index contributed by atoms with van der Waals surface area (Å²) in [7, 11) is 0. The summed E-state index contributed by atoms with van der Waals surface area (Å²) in [4.78, 5) is 35.8. The molecule has 0 unspecified atom stereocenters. The molecule has 0 heterocycles. The molecular weight excluding hydrogens is 440 g/mol. The second-order valence-corrected chi connectivity index (χ2v) is 9.76. The lowest BCUT2D eigenvalue weighted by Crippen LogP contribution is -2.49. The summed E-state index contributed by atoms with van der Waals surface area (Å²) in [6.45, 7) is 12.3. The Hall–Kier alpha value is -3.01. The van der Waals surface area contributed by atoms with Crippen LogP contribution < -0.4 is 21.3 Å². The van der Waals surface area contributed by atoms with E-state index < -0.39 is 29.5 Å². The number of benzene rings is 1. The van der Waals surface area contributed by atoms with Crippen molar-refractivity contribution in [2.24, 2.45) is 0 Å². The quantitative estimate of drug-likeness (QED) is 0.283. The van der Waals surface area contributed by atoms with Gasteiger partial charge in [-0.05, 0) is 60.1 Å². The SMILES string of the molecule is CC(C)(C)OC(=O)NCC(CNC(=O)OC(C)(C)C)NCCCNC(=O)OCc1ccccc1. The molecule has 0 aliphatic heterocycles. The highest BCUT2D eigenvalue weighted by Crippen LogP contribution is 2.07. The third kappa shape index (κ3) is 15.7. The second kappa shape index (κ2) is 14.3. The molecule has 34 heavy (non-hydrogen) atoms. The van der Waals surface area contributed by atoms with Crippen molar-refractivity contribution in [3.8, 4) is 0 Å². The van der Waals surface area contributed by atoms with Crippen LogP contribution in [0, 0.1) is 0 Å². The third-order valence-electron chi connectivity index (χ3n) is 4.05. The molecule has 0 saturated heterocycles. The van der Waals surface area contributed by atoms with Crippen LogP contribution in [0.15, 0.2) is 30.3 Å². The molecule has 10 heteroatoms. The fourth-order valence-corrected chi connectivity index (χ4v) is 2.62. The van der Waals surface area contributed by atoms with Crippen molar-refractivity contribution in [2.45, 2.75) is 71.8 Å². The maximum atomic E-state index is 12.0. The molecule has 0 aliphatic carbocycles. The van der Waals surface area contributed by atoms with E-state index in [1.54, 1.807) is 41.5 Å². The molecule has 0 saturated carbocycles. The standard InChI is InChI=1S/C24H40N4O6/c1-23(2,3)33-21(30)27-15-19(16-28-22(31)34-24(4,5)6)25-13-10-14-26-20(29)32-17-18-11-8-7-9-12-18/h7-9,11-12,19,25H,10,13-17H2,1-6H3,(H,26,29)(H,27,30)(H,28,31). The van der Waals surface area contributed by atoms with E-state index in [4.69, 9.17) is 14.2 Å². The molecule has 10 nitrogen and oxygen atoms in total. The van der Waals surface area contributed by atoms with E-state index >= 15 is 0 Å². The number of hydrogen-bond acceptors (Lipinski definition) is 7. The molecule has 1 rings (SSSR count). The van der Waals surface area contributed by atoms with Gasteiger partial charge in [-0.3, -0.25) is 0 Å². The van der Waals surface area contributed by atoms with Crippen LogP contribution in [0.1, 0.15) is 53.5 Å². The van der Waals surface area contributed by atoms with Crippen molar-refractivity contribution in [1.29, 1.82) is 0 Å². The summed E-state index contributed by atoms with van der Waals surface area (Å²) in [5.41, 5.74) is -0.303. The van der Waals surface area contributed by atoms with Gasteiger partial charge in [0.05, 0.1) is 0 Å². The minimum absolute atomic E-state index is 0.208. The van der Waals surface area contributed by atoms with Gasteiger partial charge in [-0.2, -0.15) is 0 Å². The van der Waals surface area contributed by atoms with Crippen molar-refractivity contribution < 1.29 is 28.6 Å². The van der Waals surface area contributed by atoms with Crippen LogP contribution in [0.4, 0.5) is 14.4 Å². The highest BCUT2D eigenvalue weighted by atomic mass is 16.6. The fourth-order valence-electron chi connectivity index (χ4n) is 2.62. The van der Waals surface area contributed by atoms with Crippen LogP contribution in [0.2, 0.25) is 0 Å². The van der Waals surface area contributed by atoms with E-state index in [1.165, 1.54) is 0 Å². The number of carbonyl (C=O) groups is 3. The Morgan fingerprint density at radius 3 is 1.79 bits per heavy atom. The van der Waals surface area contributed by atoms with Gasteiger partial charge in [0.25, 0.3) is 0 Å². The predicted molar refractivity (Wildman–Crippen MR) is 130 cm³/mol. The van der Waals surface area contributed by atoms with Gasteiger partial charge in [-0.25, -0.2) is 14.4 Å². The first kappa shape index (κ1) is 29.0. The normalized spacial score (nSPS) is 11.5. The molecule has 0 atom stereocenters. The first-order chi connectivity index (χ1) is 15.8. The van der Waals surface area contributed by atoms with Crippen molar-refractivity contribution in [1.82, 2.24) is 21.3 Å². The average Bonchev–Trinajstić information content (AvgIpc) is 2.71. The summed E-state index contributed by atoms with van der Waals surface area (Å²) < 4.78 is 15.7. The highest BCUT2D eigenvalue weighted by molar-refractivity contribution is 5.68. The lowest BCUT2D eigenvalue weighted by atomic mass is 10.2. The monoisotopic (exact) mass is 480 g/mol. The summed E-state index contributed by atoms with van der Waals surface area (Å²) in [5, 5.41) is 11.3. The van der Waals surface area contributed by atoms with E-state index in [9.17, 15) is 14.4 Å². The molecule has 192 valence electrons. The number of alkyl carbamates (subject to hydrolysis) is 3. The van der Waals surface area contributed by atoms with Gasteiger partial charge >= 0.3 is 18.3 Å². The summed E-state index contributed by atoms with van der Waals surface area (Å²) >= 11 is 0. The smallest absolute Gasteiger partial charge is 0.407 e. The maximum absolute atomic E-state index is 12.0. The van der Waals surface area contributed by atoms with Crippen LogP contribution in [0.25, 0.3) is 0 Å². The molecule has 4 N–H and O–H groups in total. The Morgan fingerprint density at radius 1 is 0.765 bits per heavy atom. The molecule has 0 spiro atoms. The largest absolute Gasteiger partial charge is 0.445 e. The van der Waals surface area contributed by atoms with E-state index in [1.807, 2.05) is 30.3 Å². The van der Waals surface area contributed by atoms with Gasteiger partial charge < -0.3 is 35.5 Å². The zero-order valence-electron chi connectivity index (χ0n) is 21.2. The van der Waals surface area contributed by atoms with Crippen LogP contribution in [-0.4, -0.2) is 61.7 Å². The summed E-state index contributed by atoms with van der Waals surface area (Å²) in [5.74, 6) is 0. The Labute approximate surface area is 202 Å². The minimum atomic E-state index is -0.609. The van der Waals surface area contributed by atoms with Crippen molar-refractivity contribution in [3.63, 3.8) is 0 Å². The van der Waals surface area contributed by atoms with Crippen LogP contribution in [0.3, 0.4) is 0 Å². The zero-order valence-corrected chi connectivity index (χ0v) is 21.2. The number of ether oxygens (including phenoxy) is 3. The van der Waals surface area contributed by atoms with E-state index in [0.717, 1.165) is 5.56 Å². The van der Waals surface area contributed by atoms with Gasteiger partial charge in [0.2, 0.25) is 0 Å². The lowest BCUT2D eigenvalue weighted by molar-refractivity contribution is 0.0515. The van der Waals surface area contributed by atoms with Crippen LogP contribution >= 0.6 is 0 Å². The number of hydrogen-bond donors (Lipinski definition) is 4. The number of nitrogens with one attached hydrogen (secondary N) is 4. The second-order valence-electron chi connectivity index (χ2n) is 9.76. The van der Waals surface area contributed by atoms with Crippen molar-refractivity contribution in [2.75, 3.05) is 26.2 Å². The molecule has 0 aromatic heterocycles. The molecule has 0 fully saturated rings. The van der Waals surface area contributed by atoms with E-state index in [2.05, 4.69) is 21.3 Å². The minimum Gasteiger partial charge on any atom is -0.445 e. The Morgan fingerprint density at radius 2 is 1.29 bits per heavy atom. The molecule has 1 aromatic carbocycles. The van der Waals surface area contributed by atoms with Crippen molar-refractivity contribution >= 4 is 18.3 Å². The Balaban J connectivity index is 2.38. The Bertz CT molecular complexity index is 727. The summed E-state index contributed by atoms with van der Waals surface area (Å²) in [6, 6.07) is 9.16. The van der Waals surface area contributed by atoms with Gasteiger partial charge in [0.15, 0.2) is 0 Å². The predicted octanol–water partition coefficient (Wildman–Crippen LogP) is 3.31. The van der Waals surface area contributed by atoms with Crippen LogP contribution in [-0.2, 0) is 20.8 Å². The number of carbonyl (C=O) groups excluding carboxylic acids is 3. The topological polar surface area (TPSA) is 127 Å². The maximum Gasteiger partial charge on any atom is 0.407 e.